The number of likely N-dealkylation sites (tertiary alicyclic amines) is 1. The van der Waals surface area contributed by atoms with Gasteiger partial charge in [-0.15, -0.1) is 0 Å². The topological polar surface area (TPSA) is 45.5 Å². The van der Waals surface area contributed by atoms with Crippen molar-refractivity contribution in [3.05, 3.63) is 35.6 Å². The fourth-order valence-corrected chi connectivity index (χ4v) is 2.70. The second kappa shape index (κ2) is 7.99. The average molecular weight is 302 g/mol. The largest absolute Gasteiger partial charge is 0.451 e. The van der Waals surface area contributed by atoms with Gasteiger partial charge in [-0.25, -0.2) is 0 Å². The summed E-state index contributed by atoms with van der Waals surface area (Å²) < 4.78 is 5.58. The van der Waals surface area contributed by atoms with Crippen LogP contribution in [-0.4, -0.2) is 37.0 Å². The standard InChI is InChI=1S/C16H20N2O2.C2H6/c1-12-4-5-14-13(10-12)11-15(20-14)16(19)17-6-9-18-7-2-3-8-18;1-2/h4-5,10-11H,2-3,6-9H2,1H3,(H,17,19);1-2H3. The number of rotatable bonds is 4. The molecule has 4 heteroatoms. The molecule has 1 aliphatic rings. The van der Waals surface area contributed by atoms with Gasteiger partial charge in [-0.1, -0.05) is 25.5 Å². The van der Waals surface area contributed by atoms with Gasteiger partial charge in [-0.3, -0.25) is 4.79 Å². The van der Waals surface area contributed by atoms with Gasteiger partial charge in [0.15, 0.2) is 5.76 Å². The predicted octanol–water partition coefficient (Wildman–Crippen LogP) is 3.59. The maximum Gasteiger partial charge on any atom is 0.287 e. The van der Waals surface area contributed by atoms with Crippen LogP contribution in [0.5, 0.6) is 0 Å². The summed E-state index contributed by atoms with van der Waals surface area (Å²) in [5, 5.41) is 3.91. The Morgan fingerprint density at radius 3 is 2.68 bits per heavy atom. The van der Waals surface area contributed by atoms with Crippen LogP contribution < -0.4 is 5.32 Å². The molecule has 0 saturated carbocycles. The summed E-state index contributed by atoms with van der Waals surface area (Å²) in [5.41, 5.74) is 1.93. The molecule has 2 heterocycles. The summed E-state index contributed by atoms with van der Waals surface area (Å²) in [4.78, 5) is 14.4. The lowest BCUT2D eigenvalue weighted by Crippen LogP contribution is -2.33. The van der Waals surface area contributed by atoms with E-state index in [0.717, 1.165) is 30.6 Å². The highest BCUT2D eigenvalue weighted by Crippen LogP contribution is 2.20. The highest BCUT2D eigenvalue weighted by atomic mass is 16.3. The lowest BCUT2D eigenvalue weighted by molar-refractivity contribution is 0.0924. The van der Waals surface area contributed by atoms with Gasteiger partial charge in [0.05, 0.1) is 0 Å². The molecule has 0 aliphatic carbocycles. The summed E-state index contributed by atoms with van der Waals surface area (Å²) in [6.07, 6.45) is 2.55. The number of amides is 1. The molecule has 1 N–H and O–H groups in total. The first-order chi connectivity index (χ1) is 10.7. The van der Waals surface area contributed by atoms with Crippen LogP contribution in [0.2, 0.25) is 0 Å². The van der Waals surface area contributed by atoms with Gasteiger partial charge in [0.2, 0.25) is 0 Å². The number of furan rings is 1. The van der Waals surface area contributed by atoms with Crippen LogP contribution in [-0.2, 0) is 0 Å². The zero-order valence-corrected chi connectivity index (χ0v) is 13.8. The molecule has 1 aliphatic heterocycles. The molecule has 1 fully saturated rings. The minimum absolute atomic E-state index is 0.127. The van der Waals surface area contributed by atoms with Crippen molar-refractivity contribution in [1.82, 2.24) is 10.2 Å². The molecule has 22 heavy (non-hydrogen) atoms. The van der Waals surface area contributed by atoms with Gasteiger partial charge in [0.1, 0.15) is 5.58 Å². The van der Waals surface area contributed by atoms with Crippen molar-refractivity contribution in [3.63, 3.8) is 0 Å². The molecule has 1 aromatic carbocycles. The Kier molecular flexibility index (Phi) is 6.01. The summed E-state index contributed by atoms with van der Waals surface area (Å²) in [5.74, 6) is 0.269. The number of hydrogen-bond donors (Lipinski definition) is 1. The smallest absolute Gasteiger partial charge is 0.287 e. The summed E-state index contributed by atoms with van der Waals surface area (Å²) in [7, 11) is 0. The lowest BCUT2D eigenvalue weighted by atomic mass is 10.2. The van der Waals surface area contributed by atoms with E-state index >= 15 is 0 Å². The van der Waals surface area contributed by atoms with Crippen molar-refractivity contribution in [1.29, 1.82) is 0 Å². The van der Waals surface area contributed by atoms with Crippen molar-refractivity contribution in [3.8, 4) is 0 Å². The van der Waals surface area contributed by atoms with E-state index in [9.17, 15) is 4.79 Å². The second-order valence-corrected chi connectivity index (χ2v) is 5.46. The highest BCUT2D eigenvalue weighted by molar-refractivity contribution is 5.96. The van der Waals surface area contributed by atoms with E-state index in [1.165, 1.54) is 18.4 Å². The minimum Gasteiger partial charge on any atom is -0.451 e. The summed E-state index contributed by atoms with van der Waals surface area (Å²) >= 11 is 0. The van der Waals surface area contributed by atoms with Gasteiger partial charge in [-0.2, -0.15) is 0 Å². The molecule has 0 atom stereocenters. The number of benzene rings is 1. The Morgan fingerprint density at radius 1 is 1.23 bits per heavy atom. The van der Waals surface area contributed by atoms with Gasteiger partial charge in [0, 0.05) is 18.5 Å². The predicted molar refractivity (Wildman–Crippen MR) is 90.3 cm³/mol. The number of carbonyl (C=O) groups is 1. The molecule has 0 bridgehead atoms. The van der Waals surface area contributed by atoms with Crippen LogP contribution in [0.25, 0.3) is 11.0 Å². The Bertz CT molecular complexity index is 613. The quantitative estimate of drug-likeness (QED) is 0.938. The van der Waals surface area contributed by atoms with Crippen molar-refractivity contribution in [2.75, 3.05) is 26.2 Å². The maximum absolute atomic E-state index is 12.0. The normalized spacial score (nSPS) is 14.7. The Labute approximate surface area is 132 Å². The van der Waals surface area contributed by atoms with E-state index in [-0.39, 0.29) is 5.91 Å². The lowest BCUT2D eigenvalue weighted by Gasteiger charge is -2.14. The molecule has 3 rings (SSSR count). The zero-order valence-electron chi connectivity index (χ0n) is 13.8. The summed E-state index contributed by atoms with van der Waals surface area (Å²) in [6, 6.07) is 7.74. The zero-order chi connectivity index (χ0) is 15.9. The Balaban J connectivity index is 0.000000847. The van der Waals surface area contributed by atoms with Crippen LogP contribution >= 0.6 is 0 Å². The first-order valence-electron chi connectivity index (χ1n) is 8.23. The third kappa shape index (κ3) is 4.10. The molecular formula is C18H26N2O2. The Morgan fingerprint density at radius 2 is 1.95 bits per heavy atom. The molecule has 120 valence electrons. The van der Waals surface area contributed by atoms with Gasteiger partial charge in [-0.05, 0) is 51.1 Å². The van der Waals surface area contributed by atoms with Crippen molar-refractivity contribution < 1.29 is 9.21 Å². The number of aryl methyl sites for hydroxylation is 1. The first kappa shape index (κ1) is 16.6. The van der Waals surface area contributed by atoms with E-state index in [1.54, 1.807) is 0 Å². The maximum atomic E-state index is 12.0. The minimum atomic E-state index is -0.127. The molecule has 1 aromatic heterocycles. The number of hydrogen-bond acceptors (Lipinski definition) is 3. The number of carbonyl (C=O) groups excluding carboxylic acids is 1. The fraction of sp³-hybridized carbons (Fsp3) is 0.500. The molecule has 0 unspecified atom stereocenters. The molecule has 4 nitrogen and oxygen atoms in total. The monoisotopic (exact) mass is 302 g/mol. The molecule has 2 aromatic rings. The number of nitrogens with one attached hydrogen (secondary N) is 1. The summed E-state index contributed by atoms with van der Waals surface area (Å²) in [6.45, 7) is 9.93. The molecular weight excluding hydrogens is 276 g/mol. The molecule has 0 spiro atoms. The van der Waals surface area contributed by atoms with Crippen molar-refractivity contribution >= 4 is 16.9 Å². The van der Waals surface area contributed by atoms with Crippen LogP contribution in [0.1, 0.15) is 42.8 Å². The van der Waals surface area contributed by atoms with E-state index < -0.39 is 0 Å². The third-order valence-electron chi connectivity index (χ3n) is 3.81. The Hall–Kier alpha value is -1.81. The van der Waals surface area contributed by atoms with E-state index in [2.05, 4.69) is 10.2 Å². The average Bonchev–Trinajstić information content (AvgIpc) is 3.17. The van der Waals surface area contributed by atoms with Crippen molar-refractivity contribution in [2.24, 2.45) is 0 Å². The van der Waals surface area contributed by atoms with Gasteiger partial charge in [0.25, 0.3) is 5.91 Å². The van der Waals surface area contributed by atoms with E-state index in [4.69, 9.17) is 4.42 Å². The van der Waals surface area contributed by atoms with E-state index in [1.807, 2.05) is 45.0 Å². The highest BCUT2D eigenvalue weighted by Gasteiger charge is 2.14. The van der Waals surface area contributed by atoms with Crippen molar-refractivity contribution in [2.45, 2.75) is 33.6 Å². The molecule has 0 radical (unpaired) electrons. The van der Waals surface area contributed by atoms with Crippen LogP contribution in [0, 0.1) is 6.92 Å². The number of nitrogens with zero attached hydrogens (tertiary/aromatic N) is 1. The SMILES string of the molecule is CC.Cc1ccc2oc(C(=O)NCCN3CCCC3)cc2c1. The molecule has 1 saturated heterocycles. The van der Waals surface area contributed by atoms with Gasteiger partial charge >= 0.3 is 0 Å². The first-order valence-corrected chi connectivity index (χ1v) is 8.23. The number of fused-ring (bicyclic) bond motifs is 1. The molecule has 1 amide bonds. The third-order valence-corrected chi connectivity index (χ3v) is 3.81. The van der Waals surface area contributed by atoms with Crippen LogP contribution in [0.3, 0.4) is 0 Å². The second-order valence-electron chi connectivity index (χ2n) is 5.46. The van der Waals surface area contributed by atoms with Crippen LogP contribution in [0.4, 0.5) is 0 Å². The van der Waals surface area contributed by atoms with Gasteiger partial charge < -0.3 is 14.6 Å². The van der Waals surface area contributed by atoms with E-state index in [0.29, 0.717) is 12.3 Å². The fourth-order valence-electron chi connectivity index (χ4n) is 2.70. The van der Waals surface area contributed by atoms with Crippen LogP contribution in [0.15, 0.2) is 28.7 Å².